The molecule has 9 nitrogen and oxygen atoms in total. The second-order valence-electron chi connectivity index (χ2n) is 6.41. The van der Waals surface area contributed by atoms with E-state index >= 15 is 0 Å². The highest BCUT2D eigenvalue weighted by atomic mass is 35.5. The summed E-state index contributed by atoms with van der Waals surface area (Å²) in [5.41, 5.74) is -0.166. The summed E-state index contributed by atoms with van der Waals surface area (Å²) >= 11 is 0. The zero-order chi connectivity index (χ0) is 20.1. The molecule has 0 radical (unpaired) electrons. The second kappa shape index (κ2) is 10.1. The van der Waals surface area contributed by atoms with Crippen LogP contribution in [0, 0.1) is 16.0 Å². The average molecular weight is 424 g/mol. The predicted molar refractivity (Wildman–Crippen MR) is 108 cm³/mol. The summed E-state index contributed by atoms with van der Waals surface area (Å²) in [5, 5.41) is 26.7. The third kappa shape index (κ3) is 5.57. The maximum absolute atomic E-state index is 12.7. The molecular formula is C19H22ClN3O6. The van der Waals surface area contributed by atoms with Crippen molar-refractivity contribution in [3.05, 3.63) is 58.1 Å². The van der Waals surface area contributed by atoms with Crippen LogP contribution in [0.1, 0.15) is 10.4 Å². The summed E-state index contributed by atoms with van der Waals surface area (Å²) in [7, 11) is 1.55. The van der Waals surface area contributed by atoms with Gasteiger partial charge in [-0.1, -0.05) is 0 Å². The molecule has 1 aliphatic heterocycles. The second-order valence-corrected chi connectivity index (χ2v) is 6.41. The molecule has 3 rings (SSSR count). The minimum atomic E-state index is -0.571. The quantitative estimate of drug-likeness (QED) is 0.460. The van der Waals surface area contributed by atoms with Gasteiger partial charge in [0.2, 0.25) is 0 Å². The highest BCUT2D eigenvalue weighted by Gasteiger charge is 2.26. The molecule has 0 bridgehead atoms. The molecule has 1 saturated heterocycles. The molecule has 2 atom stereocenters. The maximum atomic E-state index is 12.7. The van der Waals surface area contributed by atoms with Gasteiger partial charge in [0.25, 0.3) is 11.6 Å². The Morgan fingerprint density at radius 3 is 2.52 bits per heavy atom. The first-order valence-corrected chi connectivity index (χ1v) is 8.75. The number of β-amino-alcohol motifs (C(OH)–C–C–N with tert-alkyl or cyclic N) is 1. The Balaban J connectivity index is 0.00000300. The van der Waals surface area contributed by atoms with Gasteiger partial charge in [0.05, 0.1) is 23.7 Å². The van der Waals surface area contributed by atoms with Crippen LogP contribution in [0.3, 0.4) is 0 Å². The number of benzene rings is 2. The fourth-order valence-electron chi connectivity index (χ4n) is 2.92. The van der Waals surface area contributed by atoms with Crippen molar-refractivity contribution in [3.63, 3.8) is 0 Å². The van der Waals surface area contributed by atoms with E-state index in [9.17, 15) is 20.0 Å². The molecule has 1 heterocycles. The van der Waals surface area contributed by atoms with Crippen LogP contribution in [0.2, 0.25) is 0 Å². The van der Waals surface area contributed by atoms with Gasteiger partial charge in [-0.15, -0.1) is 12.4 Å². The number of carbonyl (C=O) groups is 1. The summed E-state index contributed by atoms with van der Waals surface area (Å²) < 4.78 is 10.8. The molecule has 2 unspecified atom stereocenters. The molecule has 1 amide bonds. The lowest BCUT2D eigenvalue weighted by Gasteiger charge is -2.15. The van der Waals surface area contributed by atoms with Crippen molar-refractivity contribution in [1.82, 2.24) is 10.6 Å². The number of nitrogens with one attached hydrogen (secondary N) is 2. The third-order valence-corrected chi connectivity index (χ3v) is 4.53. The van der Waals surface area contributed by atoms with Crippen molar-refractivity contribution in [2.75, 3.05) is 26.7 Å². The van der Waals surface area contributed by atoms with Crippen LogP contribution in [0.15, 0.2) is 42.5 Å². The van der Waals surface area contributed by atoms with Gasteiger partial charge in [0, 0.05) is 37.7 Å². The van der Waals surface area contributed by atoms with Gasteiger partial charge in [-0.05, 0) is 30.3 Å². The third-order valence-electron chi connectivity index (χ3n) is 4.53. The average Bonchev–Trinajstić information content (AvgIpc) is 3.11. The number of methoxy groups -OCH3 is 1. The van der Waals surface area contributed by atoms with Crippen molar-refractivity contribution in [3.8, 4) is 17.2 Å². The number of aliphatic hydroxyl groups excluding tert-OH is 1. The van der Waals surface area contributed by atoms with Crippen LogP contribution in [-0.2, 0) is 0 Å². The summed E-state index contributed by atoms with van der Waals surface area (Å²) in [4.78, 5) is 23.2. The summed E-state index contributed by atoms with van der Waals surface area (Å²) in [6, 6.07) is 10.6. The van der Waals surface area contributed by atoms with Gasteiger partial charge < -0.3 is 25.2 Å². The molecular weight excluding hydrogens is 402 g/mol. The van der Waals surface area contributed by atoms with Crippen LogP contribution < -0.4 is 20.1 Å². The van der Waals surface area contributed by atoms with Crippen molar-refractivity contribution >= 4 is 24.0 Å². The Bertz CT molecular complexity index is 862. The topological polar surface area (TPSA) is 123 Å². The fourth-order valence-corrected chi connectivity index (χ4v) is 2.92. The number of nitrogens with zero attached hydrogens (tertiary/aromatic N) is 1. The fraction of sp³-hybridized carbons (Fsp3) is 0.316. The highest BCUT2D eigenvalue weighted by molar-refractivity contribution is 5.97. The van der Waals surface area contributed by atoms with E-state index in [1.807, 2.05) is 0 Å². The number of hydrogen-bond acceptors (Lipinski definition) is 7. The molecule has 3 N–H and O–H groups in total. The van der Waals surface area contributed by atoms with Crippen LogP contribution in [-0.4, -0.2) is 48.8 Å². The van der Waals surface area contributed by atoms with E-state index in [4.69, 9.17) is 9.47 Å². The summed E-state index contributed by atoms with van der Waals surface area (Å²) in [6.45, 7) is 1.31. The molecule has 29 heavy (non-hydrogen) atoms. The highest BCUT2D eigenvalue weighted by Crippen LogP contribution is 2.30. The van der Waals surface area contributed by atoms with E-state index in [0.29, 0.717) is 24.6 Å². The smallest absolute Gasteiger partial charge is 0.270 e. The first kappa shape index (κ1) is 22.4. The number of nitro benzene ring substituents is 1. The predicted octanol–water partition coefficient (Wildman–Crippen LogP) is 2.13. The van der Waals surface area contributed by atoms with E-state index in [0.717, 1.165) is 0 Å². The zero-order valence-corrected chi connectivity index (χ0v) is 16.5. The molecule has 2 aromatic carbocycles. The molecule has 2 aromatic rings. The first-order chi connectivity index (χ1) is 13.5. The lowest BCUT2D eigenvalue weighted by Crippen LogP contribution is -2.34. The van der Waals surface area contributed by atoms with Crippen LogP contribution in [0.25, 0.3) is 0 Å². The van der Waals surface area contributed by atoms with Crippen LogP contribution in [0.5, 0.6) is 17.2 Å². The standard InChI is InChI=1S/C19H21N3O6.ClH/c1-27-14-3-5-15(6-4-14)28-18-7-2-13(22(25)26)8-16(18)19(24)21-10-12-9-20-11-17(12)23;/h2-8,12,17,20,23H,9-11H2,1H3,(H,21,24);1H. The lowest BCUT2D eigenvalue weighted by molar-refractivity contribution is -0.384. The lowest BCUT2D eigenvalue weighted by atomic mass is 10.1. The van der Waals surface area contributed by atoms with E-state index < -0.39 is 16.9 Å². The number of hydrogen-bond donors (Lipinski definition) is 3. The van der Waals surface area contributed by atoms with E-state index in [-0.39, 0.29) is 41.9 Å². The number of rotatable bonds is 7. The van der Waals surface area contributed by atoms with Gasteiger partial charge in [-0.2, -0.15) is 0 Å². The normalized spacial score (nSPS) is 17.9. The summed E-state index contributed by atoms with van der Waals surface area (Å²) in [6.07, 6.45) is -0.541. The number of halogens is 1. The number of amides is 1. The van der Waals surface area contributed by atoms with Crippen molar-refractivity contribution in [2.24, 2.45) is 5.92 Å². The Morgan fingerprint density at radius 2 is 1.93 bits per heavy atom. The van der Waals surface area contributed by atoms with Gasteiger partial charge in [-0.25, -0.2) is 0 Å². The van der Waals surface area contributed by atoms with E-state index in [2.05, 4.69) is 10.6 Å². The molecule has 0 aliphatic carbocycles. The SMILES string of the molecule is COc1ccc(Oc2ccc([N+](=O)[O-])cc2C(=O)NCC2CNCC2O)cc1.Cl. The minimum absolute atomic E-state index is 0. The minimum Gasteiger partial charge on any atom is -0.497 e. The molecule has 0 aromatic heterocycles. The number of nitro groups is 1. The molecule has 10 heteroatoms. The molecule has 0 spiro atoms. The Labute approximate surface area is 173 Å². The molecule has 1 fully saturated rings. The monoisotopic (exact) mass is 423 g/mol. The van der Waals surface area contributed by atoms with Gasteiger partial charge in [0.15, 0.2) is 0 Å². The number of aliphatic hydroxyl groups is 1. The van der Waals surface area contributed by atoms with Crippen molar-refractivity contribution in [2.45, 2.75) is 6.10 Å². The number of non-ortho nitro benzene ring substituents is 1. The maximum Gasteiger partial charge on any atom is 0.270 e. The van der Waals surface area contributed by atoms with Gasteiger partial charge in [0.1, 0.15) is 17.2 Å². The molecule has 1 aliphatic rings. The largest absolute Gasteiger partial charge is 0.497 e. The Hall–Kier alpha value is -2.88. The van der Waals surface area contributed by atoms with Crippen LogP contribution >= 0.6 is 12.4 Å². The van der Waals surface area contributed by atoms with E-state index in [1.165, 1.54) is 18.2 Å². The number of ether oxygens (including phenoxy) is 2. The van der Waals surface area contributed by atoms with Crippen LogP contribution in [0.4, 0.5) is 5.69 Å². The van der Waals surface area contributed by atoms with Crippen molar-refractivity contribution < 1.29 is 24.3 Å². The molecule has 156 valence electrons. The molecule has 0 saturated carbocycles. The van der Waals surface area contributed by atoms with Crippen molar-refractivity contribution in [1.29, 1.82) is 0 Å². The Kier molecular flexibility index (Phi) is 7.77. The zero-order valence-electron chi connectivity index (χ0n) is 15.7. The van der Waals surface area contributed by atoms with Gasteiger partial charge in [-0.3, -0.25) is 14.9 Å². The summed E-state index contributed by atoms with van der Waals surface area (Å²) in [5.74, 6) is 0.676. The van der Waals surface area contributed by atoms with Gasteiger partial charge >= 0.3 is 0 Å². The first-order valence-electron chi connectivity index (χ1n) is 8.75. The number of carbonyl (C=O) groups excluding carboxylic acids is 1. The van der Waals surface area contributed by atoms with E-state index in [1.54, 1.807) is 31.4 Å². The Morgan fingerprint density at radius 1 is 1.24 bits per heavy atom.